The van der Waals surface area contributed by atoms with Crippen LogP contribution >= 0.6 is 0 Å². The van der Waals surface area contributed by atoms with Crippen LogP contribution in [0.15, 0.2) is 0 Å². The van der Waals surface area contributed by atoms with Crippen molar-refractivity contribution < 1.29 is 52.0 Å². The molecule has 3 N–H and O–H groups in total. The van der Waals surface area contributed by atoms with Crippen LogP contribution < -0.4 is 0 Å². The van der Waals surface area contributed by atoms with Gasteiger partial charge in [-0.05, 0) is 0 Å². The molecule has 0 aliphatic heterocycles. The van der Waals surface area contributed by atoms with Gasteiger partial charge in [0.25, 0.3) is 0 Å². The second-order valence-electron chi connectivity index (χ2n) is 1.16. The van der Waals surface area contributed by atoms with Gasteiger partial charge in [0.2, 0.25) is 0 Å². The Kier molecular flexibility index (Phi) is 3.48. The second kappa shape index (κ2) is 2.77. The molecule has 0 aliphatic carbocycles. The minimum atomic E-state index is -10.9. The Morgan fingerprint density at radius 2 is 0.833 bits per heavy atom. The Morgan fingerprint density at radius 1 is 0.833 bits per heavy atom. The van der Waals surface area contributed by atoms with Crippen molar-refractivity contribution in [3.05, 3.63) is 0 Å². The predicted molar refractivity (Wildman–Crippen MR) is 19.7 cm³/mol. The molecule has 0 spiro atoms. The van der Waals surface area contributed by atoms with Crippen molar-refractivity contribution in [3.8, 4) is 0 Å². The summed E-state index contributed by atoms with van der Waals surface area (Å²) in [7, 11) is 0. The molecule has 0 bridgehead atoms. The molecule has 0 aliphatic rings. The van der Waals surface area contributed by atoms with Gasteiger partial charge >= 0.3 is 66.5 Å². The summed E-state index contributed by atoms with van der Waals surface area (Å²) in [5.74, 6) is 0. The first-order valence-corrected chi connectivity index (χ1v) is 8.11. The Hall–Kier alpha value is 0.559. The van der Waals surface area contributed by atoms with Gasteiger partial charge in [0.1, 0.15) is 0 Å². The van der Waals surface area contributed by atoms with Crippen LogP contribution in [0.2, 0.25) is 0 Å². The summed E-state index contributed by atoms with van der Waals surface area (Å²) >= 11 is -16.0. The average Bonchev–Trinajstić information content (AvgIpc) is 1.04. The van der Waals surface area contributed by atoms with Gasteiger partial charge in [-0.2, -0.15) is 0 Å². The summed E-state index contributed by atoms with van der Waals surface area (Å²) in [6.45, 7) is 0. The minimum absolute atomic E-state index is 5.12. The third-order valence-electron chi connectivity index (χ3n) is 0. The zero-order chi connectivity index (χ0) is 10.9. The van der Waals surface area contributed by atoms with E-state index in [0.29, 0.717) is 0 Å². The van der Waals surface area contributed by atoms with Crippen LogP contribution in [-0.4, -0.2) is 26.8 Å². The van der Waals surface area contributed by atoms with Crippen LogP contribution in [0.25, 0.3) is 0 Å². The topological polar surface area (TPSA) is 77.8 Å². The van der Waals surface area contributed by atoms with Crippen molar-refractivity contribution in [3.63, 3.8) is 0 Å². The van der Waals surface area contributed by atoms with Crippen LogP contribution in [0.4, 0.5) is 18.1 Å². The maximum absolute atomic E-state index is 10.9. The van der Waals surface area contributed by atoms with Gasteiger partial charge in [0.15, 0.2) is 0 Å². The number of halogens is 6. The van der Waals surface area contributed by atoms with E-state index >= 15 is 0 Å². The Morgan fingerprint density at radius 3 is 0.833 bits per heavy atom. The second-order valence-corrected chi connectivity index (χ2v) is 6.49. The fourth-order valence-corrected chi connectivity index (χ4v) is 0. The van der Waals surface area contributed by atoms with E-state index in [4.69, 9.17) is 16.0 Å². The van der Waals surface area contributed by atoms with Gasteiger partial charge in [-0.1, -0.05) is 0 Å². The third-order valence-corrected chi connectivity index (χ3v) is 0. The monoisotopic (exact) mass is 363 g/mol. The zero-order valence-electron chi connectivity index (χ0n) is 4.77. The molecule has 12 heteroatoms. The Labute approximate surface area is 66.7 Å². The SMILES string of the molecule is O=[As](O)(O)O.[F][Ag]([F])([F])([F])([F])[F]. The molecule has 0 radical (unpaired) electrons. The van der Waals surface area contributed by atoms with Gasteiger partial charge in [0, 0.05) is 0 Å². The van der Waals surface area contributed by atoms with Crippen LogP contribution in [0, 0.1) is 0 Å². The van der Waals surface area contributed by atoms with Crippen LogP contribution in [-0.2, 0) is 21.5 Å². The molecule has 4 nitrogen and oxygen atoms in total. The van der Waals surface area contributed by atoms with Gasteiger partial charge in [0.05, 0.1) is 0 Å². The molecule has 0 aromatic rings. The molecule has 12 heavy (non-hydrogen) atoms. The first-order chi connectivity index (χ1) is 4.45. The van der Waals surface area contributed by atoms with Crippen molar-refractivity contribution >= 4 is 14.5 Å². The van der Waals surface area contributed by atoms with Crippen molar-refractivity contribution in [1.29, 1.82) is 0 Å². The predicted octanol–water partition coefficient (Wildman–Crippen LogP) is 0.348. The first kappa shape index (κ1) is 15.1. The summed E-state index contributed by atoms with van der Waals surface area (Å²) in [5.41, 5.74) is 0. The number of hydrogen-bond acceptors (Lipinski definition) is 1. The summed E-state index contributed by atoms with van der Waals surface area (Å²) in [5, 5.41) is 0. The van der Waals surface area contributed by atoms with E-state index in [0.717, 1.165) is 0 Å². The summed E-state index contributed by atoms with van der Waals surface area (Å²) in [4.78, 5) is 0. The molecular formula is H3AgAsF6O4. The zero-order valence-corrected chi connectivity index (χ0v) is 8.13. The van der Waals surface area contributed by atoms with Crippen LogP contribution in [0.5, 0.6) is 0 Å². The first-order valence-electron chi connectivity index (χ1n) is 1.47. The molecule has 0 saturated carbocycles. The van der Waals surface area contributed by atoms with Gasteiger partial charge < -0.3 is 0 Å². The van der Waals surface area contributed by atoms with Crippen molar-refractivity contribution in [2.75, 3.05) is 0 Å². The normalized spacial score (nSPS) is 18.4. The van der Waals surface area contributed by atoms with E-state index in [9.17, 15) is 18.1 Å². The molecule has 0 rings (SSSR count). The summed E-state index contributed by atoms with van der Waals surface area (Å²) < 4.78 is 90.0. The third kappa shape index (κ3) is 3090. The molecular weight excluding hydrogens is 361 g/mol. The molecule has 0 aromatic carbocycles. The van der Waals surface area contributed by atoms with Crippen molar-refractivity contribution in [1.82, 2.24) is 0 Å². The molecule has 0 fully saturated rings. The molecule has 85 valence electrons. The van der Waals surface area contributed by atoms with Gasteiger partial charge in [-0.15, -0.1) is 0 Å². The summed E-state index contributed by atoms with van der Waals surface area (Å²) in [6.07, 6.45) is 0. The quantitative estimate of drug-likeness (QED) is 0.429. The fourth-order valence-electron chi connectivity index (χ4n) is 0. The van der Waals surface area contributed by atoms with Crippen molar-refractivity contribution in [2.24, 2.45) is 0 Å². The Balaban J connectivity index is 0. The summed E-state index contributed by atoms with van der Waals surface area (Å²) in [6, 6.07) is 0. The average molecular weight is 364 g/mol. The molecule has 0 saturated heterocycles. The van der Waals surface area contributed by atoms with Crippen molar-refractivity contribution in [2.45, 2.75) is 0 Å². The van der Waals surface area contributed by atoms with E-state index < -0.39 is 32.3 Å². The number of rotatable bonds is 0. The van der Waals surface area contributed by atoms with Gasteiger partial charge in [-0.25, -0.2) is 0 Å². The molecule has 0 heterocycles. The maximum atomic E-state index is 9.88. The van der Waals surface area contributed by atoms with Crippen LogP contribution in [0.3, 0.4) is 0 Å². The van der Waals surface area contributed by atoms with E-state index in [1.807, 2.05) is 0 Å². The molecule has 0 amide bonds. The van der Waals surface area contributed by atoms with Crippen LogP contribution in [0.1, 0.15) is 0 Å². The van der Waals surface area contributed by atoms with E-state index in [1.54, 1.807) is 0 Å². The van der Waals surface area contributed by atoms with E-state index in [-0.39, 0.29) is 0 Å². The number of hydrogen-bond donors (Lipinski definition) is 3. The standard InChI is InChI=1S/Ag.AsH3O4.6FH/c;2-1(3,4)5;;;;;;/h;(H3,2,3,4,5);6*1H/q+6;;;;;;;/p-6. The Bertz CT molecular complexity index is 173. The molecule has 0 atom stereocenters. The van der Waals surface area contributed by atoms with Gasteiger partial charge in [-0.3, -0.25) is 0 Å². The fraction of sp³-hybridized carbons (Fsp3) is 0. The molecule has 0 unspecified atom stereocenters. The van der Waals surface area contributed by atoms with E-state index in [1.165, 1.54) is 0 Å². The van der Waals surface area contributed by atoms with E-state index in [2.05, 4.69) is 0 Å². The molecule has 0 aromatic heterocycles.